The van der Waals surface area contributed by atoms with Gasteiger partial charge in [0.2, 0.25) is 10.0 Å². The Morgan fingerprint density at radius 3 is 2.67 bits per heavy atom. The van der Waals surface area contributed by atoms with Crippen LogP contribution in [-0.2, 0) is 14.8 Å². The highest BCUT2D eigenvalue weighted by Gasteiger charge is 2.28. The molecule has 0 spiro atoms. The second kappa shape index (κ2) is 7.34. The van der Waals surface area contributed by atoms with E-state index >= 15 is 0 Å². The van der Waals surface area contributed by atoms with E-state index in [9.17, 15) is 18.5 Å². The second-order valence-corrected chi connectivity index (χ2v) is 6.23. The van der Waals surface area contributed by atoms with E-state index in [1.54, 1.807) is 0 Å². The van der Waals surface area contributed by atoms with E-state index in [4.69, 9.17) is 10.5 Å². The maximum atomic E-state index is 12.3. The lowest BCUT2D eigenvalue weighted by Crippen LogP contribution is -2.38. The zero-order valence-corrected chi connectivity index (χ0v) is 12.7. The van der Waals surface area contributed by atoms with Crippen LogP contribution in [0.4, 0.5) is 11.4 Å². The number of sulfonamides is 1. The van der Waals surface area contributed by atoms with Crippen LogP contribution in [0.5, 0.6) is 0 Å². The van der Waals surface area contributed by atoms with Gasteiger partial charge in [-0.25, -0.2) is 13.1 Å². The molecule has 1 rings (SSSR count). The monoisotopic (exact) mass is 317 g/mol. The summed E-state index contributed by atoms with van der Waals surface area (Å²) in [5.41, 5.74) is 5.16. The quantitative estimate of drug-likeness (QED) is 0.422. The van der Waals surface area contributed by atoms with Crippen LogP contribution in [0, 0.1) is 10.1 Å². The summed E-state index contributed by atoms with van der Waals surface area (Å²) in [5.74, 6) is 0. The standard InChI is InChI=1S/C12H19N3O5S/c1-3-4-10(8-20-2)14-21(18,19)12-7-9(13)5-6-11(12)15(16)17/h5-7,10,14H,3-4,8,13H2,1-2H3. The van der Waals surface area contributed by atoms with E-state index in [1.807, 2.05) is 6.92 Å². The number of nitrogens with two attached hydrogens (primary N) is 1. The van der Waals surface area contributed by atoms with Crippen LogP contribution in [-0.4, -0.2) is 33.1 Å². The molecule has 21 heavy (non-hydrogen) atoms. The molecule has 1 aromatic carbocycles. The summed E-state index contributed by atoms with van der Waals surface area (Å²) in [6, 6.07) is 2.99. The molecule has 8 nitrogen and oxygen atoms in total. The van der Waals surface area contributed by atoms with E-state index < -0.39 is 31.6 Å². The number of methoxy groups -OCH3 is 1. The third-order valence-electron chi connectivity index (χ3n) is 2.80. The summed E-state index contributed by atoms with van der Waals surface area (Å²) >= 11 is 0. The Labute approximate surface area is 123 Å². The lowest BCUT2D eigenvalue weighted by Gasteiger charge is -2.17. The molecule has 0 heterocycles. The second-order valence-electron chi connectivity index (χ2n) is 4.55. The molecule has 0 aromatic heterocycles. The Kier molecular flexibility index (Phi) is 6.06. The molecule has 1 unspecified atom stereocenters. The van der Waals surface area contributed by atoms with Crippen LogP contribution in [0.15, 0.2) is 23.1 Å². The van der Waals surface area contributed by atoms with Crippen LogP contribution in [0.25, 0.3) is 0 Å². The SMILES string of the molecule is CCCC(COC)NS(=O)(=O)c1cc(N)ccc1[N+](=O)[O-]. The lowest BCUT2D eigenvalue weighted by atomic mass is 10.2. The van der Waals surface area contributed by atoms with Gasteiger partial charge in [-0.3, -0.25) is 10.1 Å². The van der Waals surface area contributed by atoms with E-state index in [1.165, 1.54) is 13.2 Å². The van der Waals surface area contributed by atoms with Gasteiger partial charge < -0.3 is 10.5 Å². The molecule has 1 atom stereocenters. The fourth-order valence-corrected chi connectivity index (χ4v) is 3.37. The van der Waals surface area contributed by atoms with Gasteiger partial charge in [-0.15, -0.1) is 0 Å². The van der Waals surface area contributed by atoms with Gasteiger partial charge in [-0.1, -0.05) is 13.3 Å². The lowest BCUT2D eigenvalue weighted by molar-refractivity contribution is -0.387. The van der Waals surface area contributed by atoms with Crippen molar-refractivity contribution >= 4 is 21.4 Å². The summed E-state index contributed by atoms with van der Waals surface area (Å²) in [4.78, 5) is 9.77. The van der Waals surface area contributed by atoms with Gasteiger partial charge in [0.25, 0.3) is 5.69 Å². The molecule has 9 heteroatoms. The van der Waals surface area contributed by atoms with Crippen molar-refractivity contribution in [3.8, 4) is 0 Å². The first kappa shape index (κ1) is 17.3. The molecule has 118 valence electrons. The number of rotatable bonds is 8. The maximum Gasteiger partial charge on any atom is 0.289 e. The largest absolute Gasteiger partial charge is 0.399 e. The van der Waals surface area contributed by atoms with Crippen molar-refractivity contribution in [1.82, 2.24) is 4.72 Å². The average Bonchev–Trinajstić information content (AvgIpc) is 2.38. The summed E-state index contributed by atoms with van der Waals surface area (Å²) < 4.78 is 32.1. The molecule has 3 N–H and O–H groups in total. The minimum atomic E-state index is -4.05. The Balaban J connectivity index is 3.17. The normalized spacial score (nSPS) is 13.0. The summed E-state index contributed by atoms with van der Waals surface area (Å²) in [6.07, 6.45) is 1.30. The van der Waals surface area contributed by atoms with E-state index in [0.29, 0.717) is 6.42 Å². The fraction of sp³-hybridized carbons (Fsp3) is 0.500. The summed E-state index contributed by atoms with van der Waals surface area (Å²) in [7, 11) is -2.60. The smallest absolute Gasteiger partial charge is 0.289 e. The van der Waals surface area contributed by atoms with E-state index in [-0.39, 0.29) is 12.3 Å². The topological polar surface area (TPSA) is 125 Å². The summed E-state index contributed by atoms with van der Waals surface area (Å²) in [6.45, 7) is 2.09. The van der Waals surface area contributed by atoms with Gasteiger partial charge in [0.05, 0.1) is 11.5 Å². The Hall–Kier alpha value is -1.71. The zero-order chi connectivity index (χ0) is 16.0. The molecule has 0 aliphatic rings. The van der Waals surface area contributed by atoms with Crippen molar-refractivity contribution in [3.63, 3.8) is 0 Å². The number of nitrogens with one attached hydrogen (secondary N) is 1. The summed E-state index contributed by atoms with van der Waals surface area (Å²) in [5, 5.41) is 11.0. The van der Waals surface area contributed by atoms with Gasteiger partial charge in [0.1, 0.15) is 0 Å². The van der Waals surface area contributed by atoms with Crippen LogP contribution in [0.2, 0.25) is 0 Å². The number of nitro benzene ring substituents is 1. The number of hydrogen-bond donors (Lipinski definition) is 2. The molecule has 0 bridgehead atoms. The first-order valence-electron chi connectivity index (χ1n) is 6.37. The van der Waals surface area contributed by atoms with Crippen molar-refractivity contribution in [2.45, 2.75) is 30.7 Å². The number of ether oxygens (including phenoxy) is 1. The molecular weight excluding hydrogens is 298 g/mol. The van der Waals surface area contributed by atoms with Crippen molar-refractivity contribution in [2.24, 2.45) is 0 Å². The van der Waals surface area contributed by atoms with Crippen LogP contribution >= 0.6 is 0 Å². The predicted molar refractivity (Wildman–Crippen MR) is 78.4 cm³/mol. The van der Waals surface area contributed by atoms with Crippen molar-refractivity contribution in [1.29, 1.82) is 0 Å². The molecular formula is C12H19N3O5S. The third-order valence-corrected chi connectivity index (χ3v) is 4.35. The molecule has 0 aliphatic heterocycles. The Bertz CT molecular complexity index is 597. The molecule has 0 saturated carbocycles. The molecule has 0 amide bonds. The number of nitrogen functional groups attached to an aromatic ring is 1. The fourth-order valence-electron chi connectivity index (χ4n) is 1.91. The first-order chi connectivity index (χ1) is 9.81. The number of benzene rings is 1. The van der Waals surface area contributed by atoms with Crippen LogP contribution in [0.1, 0.15) is 19.8 Å². The highest BCUT2D eigenvalue weighted by atomic mass is 32.2. The number of anilines is 1. The molecule has 0 fully saturated rings. The average molecular weight is 317 g/mol. The maximum absolute atomic E-state index is 12.3. The van der Waals surface area contributed by atoms with Crippen molar-refractivity contribution in [2.75, 3.05) is 19.5 Å². The highest BCUT2D eigenvalue weighted by molar-refractivity contribution is 7.89. The van der Waals surface area contributed by atoms with E-state index in [0.717, 1.165) is 18.6 Å². The van der Waals surface area contributed by atoms with Crippen LogP contribution < -0.4 is 10.5 Å². The first-order valence-corrected chi connectivity index (χ1v) is 7.85. The zero-order valence-electron chi connectivity index (χ0n) is 11.9. The number of nitrogens with zero attached hydrogens (tertiary/aromatic N) is 1. The van der Waals surface area contributed by atoms with Gasteiger partial charge >= 0.3 is 0 Å². The highest BCUT2D eigenvalue weighted by Crippen LogP contribution is 2.26. The minimum Gasteiger partial charge on any atom is -0.399 e. The van der Waals surface area contributed by atoms with Gasteiger partial charge in [0.15, 0.2) is 4.90 Å². The van der Waals surface area contributed by atoms with Gasteiger partial charge in [-0.05, 0) is 18.6 Å². The molecule has 0 radical (unpaired) electrons. The van der Waals surface area contributed by atoms with Gasteiger partial charge in [-0.2, -0.15) is 0 Å². The predicted octanol–water partition coefficient (Wildman–Crippen LogP) is 1.27. The van der Waals surface area contributed by atoms with Crippen molar-refractivity contribution < 1.29 is 18.1 Å². The molecule has 0 aliphatic carbocycles. The van der Waals surface area contributed by atoms with Crippen LogP contribution in [0.3, 0.4) is 0 Å². The molecule has 0 saturated heterocycles. The third kappa shape index (κ3) is 4.66. The van der Waals surface area contributed by atoms with E-state index in [2.05, 4.69) is 4.72 Å². The number of hydrogen-bond acceptors (Lipinski definition) is 6. The number of nitro groups is 1. The Morgan fingerprint density at radius 1 is 1.48 bits per heavy atom. The Morgan fingerprint density at radius 2 is 2.14 bits per heavy atom. The van der Waals surface area contributed by atoms with Crippen molar-refractivity contribution in [3.05, 3.63) is 28.3 Å². The molecule has 1 aromatic rings. The van der Waals surface area contributed by atoms with Gasteiger partial charge in [0, 0.05) is 24.9 Å². The minimum absolute atomic E-state index is 0.139.